The highest BCUT2D eigenvalue weighted by molar-refractivity contribution is 7.12. The standard InChI is InChI=1S/C16H12O4S/c1-8-9(2)15-10(7-12(20-15)16(18)19)6-11(8)14(17)13-4-3-5-21-13/h3-7H,1-2H3,(H,18,19). The number of thiophene rings is 1. The van der Waals surface area contributed by atoms with Gasteiger partial charge in [0.1, 0.15) is 5.58 Å². The van der Waals surface area contributed by atoms with Gasteiger partial charge in [-0.3, -0.25) is 4.79 Å². The number of hydrogen-bond donors (Lipinski definition) is 1. The van der Waals surface area contributed by atoms with Crippen molar-refractivity contribution >= 4 is 34.1 Å². The zero-order valence-electron chi connectivity index (χ0n) is 11.5. The molecule has 0 aliphatic heterocycles. The predicted molar refractivity (Wildman–Crippen MR) is 80.4 cm³/mol. The number of benzene rings is 1. The second-order valence-corrected chi connectivity index (χ2v) is 5.76. The van der Waals surface area contributed by atoms with E-state index >= 15 is 0 Å². The lowest BCUT2D eigenvalue weighted by atomic mass is 9.97. The fraction of sp³-hybridized carbons (Fsp3) is 0.125. The molecule has 4 nitrogen and oxygen atoms in total. The van der Waals surface area contributed by atoms with E-state index in [0.29, 0.717) is 21.4 Å². The van der Waals surface area contributed by atoms with Gasteiger partial charge in [-0.25, -0.2) is 4.79 Å². The average Bonchev–Trinajstić information content (AvgIpc) is 3.10. The molecule has 0 radical (unpaired) electrons. The van der Waals surface area contributed by atoms with E-state index < -0.39 is 5.97 Å². The third kappa shape index (κ3) is 2.15. The lowest BCUT2D eigenvalue weighted by molar-refractivity contribution is 0.0664. The van der Waals surface area contributed by atoms with Gasteiger partial charge in [-0.05, 0) is 48.6 Å². The molecule has 3 aromatic rings. The molecule has 5 heteroatoms. The largest absolute Gasteiger partial charge is 0.475 e. The van der Waals surface area contributed by atoms with E-state index in [4.69, 9.17) is 9.52 Å². The van der Waals surface area contributed by atoms with Crippen molar-refractivity contribution in [2.24, 2.45) is 0 Å². The van der Waals surface area contributed by atoms with Crippen molar-refractivity contribution < 1.29 is 19.1 Å². The van der Waals surface area contributed by atoms with Gasteiger partial charge >= 0.3 is 5.97 Å². The monoisotopic (exact) mass is 300 g/mol. The molecule has 3 rings (SSSR count). The molecule has 0 fully saturated rings. The molecule has 0 saturated carbocycles. The van der Waals surface area contributed by atoms with E-state index in [9.17, 15) is 9.59 Å². The van der Waals surface area contributed by atoms with E-state index in [1.807, 2.05) is 25.3 Å². The van der Waals surface area contributed by atoms with Gasteiger partial charge in [0, 0.05) is 10.9 Å². The maximum absolute atomic E-state index is 12.5. The Bertz CT molecular complexity index is 856. The van der Waals surface area contributed by atoms with Crippen LogP contribution in [0.3, 0.4) is 0 Å². The van der Waals surface area contributed by atoms with Crippen molar-refractivity contribution in [1.29, 1.82) is 0 Å². The van der Waals surface area contributed by atoms with Crippen LogP contribution >= 0.6 is 11.3 Å². The summed E-state index contributed by atoms with van der Waals surface area (Å²) in [6, 6.07) is 6.77. The van der Waals surface area contributed by atoms with Crippen LogP contribution in [0.15, 0.2) is 34.1 Å². The summed E-state index contributed by atoms with van der Waals surface area (Å²) in [6.07, 6.45) is 0. The van der Waals surface area contributed by atoms with Gasteiger partial charge in [-0.15, -0.1) is 11.3 Å². The molecule has 2 heterocycles. The van der Waals surface area contributed by atoms with Crippen molar-refractivity contribution in [2.45, 2.75) is 13.8 Å². The number of aryl methyl sites for hydroxylation is 1. The highest BCUT2D eigenvalue weighted by Crippen LogP contribution is 2.30. The number of rotatable bonds is 3. The van der Waals surface area contributed by atoms with Crippen LogP contribution in [0, 0.1) is 13.8 Å². The third-order valence-electron chi connectivity index (χ3n) is 3.57. The van der Waals surface area contributed by atoms with Crippen molar-refractivity contribution in [3.05, 3.63) is 57.0 Å². The van der Waals surface area contributed by atoms with Crippen molar-refractivity contribution in [3.8, 4) is 0 Å². The minimum atomic E-state index is -1.12. The number of hydrogen-bond acceptors (Lipinski definition) is 4. The lowest BCUT2D eigenvalue weighted by Crippen LogP contribution is -2.03. The molecule has 0 amide bonds. The minimum absolute atomic E-state index is 0.0504. The summed E-state index contributed by atoms with van der Waals surface area (Å²) in [4.78, 5) is 24.2. The third-order valence-corrected chi connectivity index (χ3v) is 4.44. The fourth-order valence-corrected chi connectivity index (χ4v) is 3.00. The molecular formula is C16H12O4S. The minimum Gasteiger partial charge on any atom is -0.475 e. The second-order valence-electron chi connectivity index (χ2n) is 4.81. The van der Waals surface area contributed by atoms with Gasteiger partial charge in [-0.1, -0.05) is 6.07 Å². The van der Waals surface area contributed by atoms with Crippen LogP contribution in [0.4, 0.5) is 0 Å². The number of carbonyl (C=O) groups is 2. The fourth-order valence-electron chi connectivity index (χ4n) is 2.32. The van der Waals surface area contributed by atoms with Gasteiger partial charge in [0.15, 0.2) is 0 Å². The van der Waals surface area contributed by atoms with Gasteiger partial charge in [0.2, 0.25) is 11.5 Å². The molecule has 1 aromatic carbocycles. The van der Waals surface area contributed by atoms with E-state index in [0.717, 1.165) is 11.1 Å². The zero-order chi connectivity index (χ0) is 15.1. The summed E-state index contributed by atoms with van der Waals surface area (Å²) >= 11 is 1.39. The van der Waals surface area contributed by atoms with Crippen LogP contribution in [0.5, 0.6) is 0 Å². The van der Waals surface area contributed by atoms with Crippen molar-refractivity contribution in [1.82, 2.24) is 0 Å². The Morgan fingerprint density at radius 3 is 2.57 bits per heavy atom. The molecular weight excluding hydrogens is 288 g/mol. The first kappa shape index (κ1) is 13.6. The molecule has 0 spiro atoms. The van der Waals surface area contributed by atoms with Crippen molar-refractivity contribution in [2.75, 3.05) is 0 Å². The van der Waals surface area contributed by atoms with Gasteiger partial charge in [0.25, 0.3) is 0 Å². The molecule has 0 saturated heterocycles. The maximum Gasteiger partial charge on any atom is 0.371 e. The SMILES string of the molecule is Cc1c(C(=O)c2cccs2)cc2cc(C(=O)O)oc2c1C. The molecule has 0 unspecified atom stereocenters. The molecule has 0 atom stereocenters. The second kappa shape index (κ2) is 4.86. The first-order chi connectivity index (χ1) is 9.99. The highest BCUT2D eigenvalue weighted by atomic mass is 32.1. The van der Waals surface area contributed by atoms with Crippen LogP contribution in [0.25, 0.3) is 11.0 Å². The Balaban J connectivity index is 2.22. The van der Waals surface area contributed by atoms with Gasteiger partial charge in [0.05, 0.1) is 4.88 Å². The van der Waals surface area contributed by atoms with Crippen molar-refractivity contribution in [3.63, 3.8) is 0 Å². The lowest BCUT2D eigenvalue weighted by Gasteiger charge is -2.07. The van der Waals surface area contributed by atoms with Crippen LogP contribution in [-0.2, 0) is 0 Å². The number of fused-ring (bicyclic) bond motifs is 1. The summed E-state index contributed by atoms with van der Waals surface area (Å²) < 4.78 is 5.36. The Morgan fingerprint density at radius 1 is 1.19 bits per heavy atom. The average molecular weight is 300 g/mol. The Morgan fingerprint density at radius 2 is 1.95 bits per heavy atom. The van der Waals surface area contributed by atoms with Gasteiger partial charge < -0.3 is 9.52 Å². The molecule has 0 aliphatic carbocycles. The highest BCUT2D eigenvalue weighted by Gasteiger charge is 2.19. The molecule has 1 N–H and O–H groups in total. The number of carboxylic acid groups (broad SMARTS) is 1. The molecule has 106 valence electrons. The quantitative estimate of drug-likeness (QED) is 0.741. The maximum atomic E-state index is 12.5. The zero-order valence-corrected chi connectivity index (χ0v) is 12.3. The summed E-state index contributed by atoms with van der Waals surface area (Å²) in [7, 11) is 0. The number of carboxylic acids is 1. The number of carbonyl (C=O) groups excluding carboxylic acids is 1. The Hall–Kier alpha value is -2.40. The predicted octanol–water partition coefficient (Wildman–Crippen LogP) is 4.04. The van der Waals surface area contributed by atoms with Gasteiger partial charge in [-0.2, -0.15) is 0 Å². The van der Waals surface area contributed by atoms with E-state index in [1.54, 1.807) is 12.1 Å². The number of ketones is 1. The van der Waals surface area contributed by atoms with Crippen LogP contribution in [0.1, 0.15) is 36.9 Å². The van der Waals surface area contributed by atoms with E-state index in [-0.39, 0.29) is 11.5 Å². The summed E-state index contributed by atoms with van der Waals surface area (Å²) in [5.74, 6) is -1.28. The topological polar surface area (TPSA) is 67.5 Å². The summed E-state index contributed by atoms with van der Waals surface area (Å²) in [5.41, 5.74) is 2.71. The number of aromatic carboxylic acids is 1. The van der Waals surface area contributed by atoms with Crippen LogP contribution in [-0.4, -0.2) is 16.9 Å². The molecule has 2 aromatic heterocycles. The molecule has 0 aliphatic rings. The first-order valence-electron chi connectivity index (χ1n) is 6.34. The number of furan rings is 1. The van der Waals surface area contributed by atoms with Crippen LogP contribution in [0.2, 0.25) is 0 Å². The Labute approximate surface area is 124 Å². The smallest absolute Gasteiger partial charge is 0.371 e. The van der Waals surface area contributed by atoms with E-state index in [1.165, 1.54) is 17.4 Å². The molecule has 0 bridgehead atoms. The first-order valence-corrected chi connectivity index (χ1v) is 7.22. The van der Waals surface area contributed by atoms with Crippen LogP contribution < -0.4 is 0 Å². The normalized spacial score (nSPS) is 11.0. The Kier molecular flexibility index (Phi) is 3.14. The molecule has 21 heavy (non-hydrogen) atoms. The summed E-state index contributed by atoms with van der Waals surface area (Å²) in [5, 5.41) is 11.5. The summed E-state index contributed by atoms with van der Waals surface area (Å²) in [6.45, 7) is 3.68. The van der Waals surface area contributed by atoms with E-state index in [2.05, 4.69) is 0 Å².